The zero-order valence-corrected chi connectivity index (χ0v) is 10.8. The second-order valence-corrected chi connectivity index (χ2v) is 4.52. The van der Waals surface area contributed by atoms with Crippen molar-refractivity contribution in [2.45, 2.75) is 13.0 Å². The molecule has 1 aromatic heterocycles. The van der Waals surface area contributed by atoms with Gasteiger partial charge in [0, 0.05) is 0 Å². The van der Waals surface area contributed by atoms with Crippen LogP contribution in [0.25, 0.3) is 10.8 Å². The Bertz CT molecular complexity index is 716. The minimum atomic E-state index is -0.0299. The molecule has 0 atom stereocenters. The van der Waals surface area contributed by atoms with Gasteiger partial charge in [-0.05, 0) is 16.3 Å². The molecule has 2 N–H and O–H groups in total. The van der Waals surface area contributed by atoms with E-state index in [1.807, 2.05) is 42.5 Å². The normalized spacial score (nSPS) is 10.6. The van der Waals surface area contributed by atoms with Crippen LogP contribution < -0.4 is 5.32 Å². The molecular formula is C15H14N4O. The second kappa shape index (κ2) is 5.52. The molecule has 3 rings (SSSR count). The minimum absolute atomic E-state index is 0.0299. The number of aromatic amines is 1. The van der Waals surface area contributed by atoms with Crippen LogP contribution in [0.3, 0.4) is 0 Å². The van der Waals surface area contributed by atoms with E-state index >= 15 is 0 Å². The molecule has 0 radical (unpaired) electrons. The van der Waals surface area contributed by atoms with Crippen molar-refractivity contribution in [3.8, 4) is 0 Å². The van der Waals surface area contributed by atoms with E-state index in [1.54, 1.807) is 0 Å². The van der Waals surface area contributed by atoms with Crippen molar-refractivity contribution < 1.29 is 4.79 Å². The van der Waals surface area contributed by atoms with E-state index in [1.165, 1.54) is 6.33 Å². The lowest BCUT2D eigenvalue weighted by atomic mass is 10.0. The topological polar surface area (TPSA) is 70.7 Å². The van der Waals surface area contributed by atoms with Crippen LogP contribution in [0.2, 0.25) is 0 Å². The van der Waals surface area contributed by atoms with Crippen molar-refractivity contribution in [2.75, 3.05) is 0 Å². The van der Waals surface area contributed by atoms with Gasteiger partial charge in [-0.2, -0.15) is 5.10 Å². The number of aromatic nitrogens is 3. The number of benzene rings is 2. The molecule has 0 aliphatic rings. The third kappa shape index (κ3) is 2.66. The van der Waals surface area contributed by atoms with Gasteiger partial charge in [-0.3, -0.25) is 9.89 Å². The molecule has 0 spiro atoms. The van der Waals surface area contributed by atoms with Gasteiger partial charge in [0.1, 0.15) is 12.2 Å². The van der Waals surface area contributed by atoms with Gasteiger partial charge in [0.15, 0.2) is 0 Å². The number of amides is 1. The fourth-order valence-corrected chi connectivity index (χ4v) is 2.18. The first-order chi connectivity index (χ1) is 9.83. The Morgan fingerprint density at radius 3 is 2.85 bits per heavy atom. The summed E-state index contributed by atoms with van der Waals surface area (Å²) in [5, 5.41) is 11.5. The van der Waals surface area contributed by atoms with E-state index in [4.69, 9.17) is 0 Å². The van der Waals surface area contributed by atoms with E-state index in [0.717, 1.165) is 16.3 Å². The largest absolute Gasteiger partial charge is 0.349 e. The fraction of sp³-hybridized carbons (Fsp3) is 0.133. The summed E-state index contributed by atoms with van der Waals surface area (Å²) in [6.45, 7) is 0.365. The number of fused-ring (bicyclic) bond motifs is 1. The zero-order chi connectivity index (χ0) is 13.8. The third-order valence-corrected chi connectivity index (χ3v) is 3.15. The molecule has 1 heterocycles. The molecule has 3 aromatic rings. The lowest BCUT2D eigenvalue weighted by Crippen LogP contribution is -2.25. The quantitative estimate of drug-likeness (QED) is 0.756. The number of nitrogens with one attached hydrogen (secondary N) is 2. The molecule has 0 saturated heterocycles. The summed E-state index contributed by atoms with van der Waals surface area (Å²) in [7, 11) is 0. The van der Waals surface area contributed by atoms with Gasteiger partial charge in [-0.25, -0.2) is 4.98 Å². The molecule has 1 amide bonds. The average Bonchev–Trinajstić information content (AvgIpc) is 2.99. The van der Waals surface area contributed by atoms with Gasteiger partial charge in [0.25, 0.3) is 0 Å². The van der Waals surface area contributed by atoms with Gasteiger partial charge < -0.3 is 5.32 Å². The van der Waals surface area contributed by atoms with Crippen molar-refractivity contribution in [3.63, 3.8) is 0 Å². The summed E-state index contributed by atoms with van der Waals surface area (Å²) in [6, 6.07) is 14.1. The van der Waals surface area contributed by atoms with Gasteiger partial charge in [-0.15, -0.1) is 0 Å². The molecule has 0 aliphatic heterocycles. The summed E-state index contributed by atoms with van der Waals surface area (Å²) >= 11 is 0. The van der Waals surface area contributed by atoms with E-state index in [9.17, 15) is 4.79 Å². The number of nitrogens with zero attached hydrogens (tertiary/aromatic N) is 2. The Balaban J connectivity index is 1.71. The van der Waals surface area contributed by atoms with Crippen molar-refractivity contribution in [1.82, 2.24) is 20.5 Å². The van der Waals surface area contributed by atoms with Crippen LogP contribution in [-0.4, -0.2) is 21.1 Å². The summed E-state index contributed by atoms with van der Waals surface area (Å²) in [5.74, 6) is 0.619. The smallest absolute Gasteiger partial charge is 0.224 e. The lowest BCUT2D eigenvalue weighted by molar-refractivity contribution is -0.120. The Morgan fingerprint density at radius 2 is 2.00 bits per heavy atom. The Hall–Kier alpha value is -2.69. The van der Waals surface area contributed by atoms with Crippen LogP contribution in [0.15, 0.2) is 48.8 Å². The van der Waals surface area contributed by atoms with E-state index < -0.39 is 0 Å². The standard InChI is InChI=1S/C15H14N4O/c20-15(16-9-14-17-10-18-19-14)8-12-6-3-5-11-4-1-2-7-13(11)12/h1-7,10H,8-9H2,(H,16,20)(H,17,18,19). The second-order valence-electron chi connectivity index (χ2n) is 4.52. The number of hydrogen-bond acceptors (Lipinski definition) is 3. The van der Waals surface area contributed by atoms with Gasteiger partial charge in [0.2, 0.25) is 5.91 Å². The molecule has 0 aliphatic carbocycles. The molecule has 20 heavy (non-hydrogen) atoms. The van der Waals surface area contributed by atoms with Crippen LogP contribution in [-0.2, 0) is 17.8 Å². The SMILES string of the molecule is O=C(Cc1cccc2ccccc12)NCc1ncn[nH]1. The maximum atomic E-state index is 12.0. The van der Waals surface area contributed by atoms with Crippen molar-refractivity contribution in [1.29, 1.82) is 0 Å². The molecule has 0 unspecified atom stereocenters. The Labute approximate surface area is 116 Å². The molecule has 5 nitrogen and oxygen atoms in total. The Kier molecular flexibility index (Phi) is 3.41. The maximum Gasteiger partial charge on any atom is 0.224 e. The van der Waals surface area contributed by atoms with E-state index in [0.29, 0.717) is 18.8 Å². The monoisotopic (exact) mass is 266 g/mol. The van der Waals surface area contributed by atoms with Crippen molar-refractivity contribution >= 4 is 16.7 Å². The summed E-state index contributed by atoms with van der Waals surface area (Å²) in [4.78, 5) is 15.9. The first kappa shape index (κ1) is 12.3. The molecule has 5 heteroatoms. The number of H-pyrrole nitrogens is 1. The first-order valence-electron chi connectivity index (χ1n) is 6.40. The van der Waals surface area contributed by atoms with Crippen LogP contribution in [0.4, 0.5) is 0 Å². The highest BCUT2D eigenvalue weighted by atomic mass is 16.1. The highest BCUT2D eigenvalue weighted by Gasteiger charge is 2.07. The van der Waals surface area contributed by atoms with Crippen LogP contribution >= 0.6 is 0 Å². The van der Waals surface area contributed by atoms with Gasteiger partial charge in [0.05, 0.1) is 13.0 Å². The molecule has 2 aromatic carbocycles. The molecular weight excluding hydrogens is 252 g/mol. The summed E-state index contributed by atoms with van der Waals surface area (Å²) in [6.07, 6.45) is 1.78. The Morgan fingerprint density at radius 1 is 1.15 bits per heavy atom. The van der Waals surface area contributed by atoms with Crippen LogP contribution in [0.1, 0.15) is 11.4 Å². The fourth-order valence-electron chi connectivity index (χ4n) is 2.18. The predicted octanol–water partition coefficient (Wildman–Crippen LogP) is 1.82. The van der Waals surface area contributed by atoms with E-state index in [2.05, 4.69) is 20.5 Å². The van der Waals surface area contributed by atoms with Crippen LogP contribution in [0.5, 0.6) is 0 Å². The summed E-state index contributed by atoms with van der Waals surface area (Å²) in [5.41, 5.74) is 1.03. The summed E-state index contributed by atoms with van der Waals surface area (Å²) < 4.78 is 0. The lowest BCUT2D eigenvalue weighted by Gasteiger charge is -2.07. The minimum Gasteiger partial charge on any atom is -0.349 e. The highest BCUT2D eigenvalue weighted by Crippen LogP contribution is 2.18. The molecule has 0 bridgehead atoms. The predicted molar refractivity (Wildman–Crippen MR) is 75.9 cm³/mol. The van der Waals surface area contributed by atoms with Gasteiger partial charge >= 0.3 is 0 Å². The first-order valence-corrected chi connectivity index (χ1v) is 6.40. The van der Waals surface area contributed by atoms with Crippen molar-refractivity contribution in [3.05, 3.63) is 60.2 Å². The zero-order valence-electron chi connectivity index (χ0n) is 10.8. The number of rotatable bonds is 4. The number of carbonyl (C=O) groups is 1. The van der Waals surface area contributed by atoms with Crippen molar-refractivity contribution in [2.24, 2.45) is 0 Å². The molecule has 0 fully saturated rings. The average molecular weight is 266 g/mol. The maximum absolute atomic E-state index is 12.0. The number of carbonyl (C=O) groups excluding carboxylic acids is 1. The van der Waals surface area contributed by atoms with Gasteiger partial charge in [-0.1, -0.05) is 42.5 Å². The van der Waals surface area contributed by atoms with Crippen LogP contribution in [0, 0.1) is 0 Å². The molecule has 0 saturated carbocycles. The number of hydrogen-bond donors (Lipinski definition) is 2. The highest BCUT2D eigenvalue weighted by molar-refractivity contribution is 5.90. The van der Waals surface area contributed by atoms with E-state index in [-0.39, 0.29) is 5.91 Å². The third-order valence-electron chi connectivity index (χ3n) is 3.15. The molecule has 100 valence electrons.